The quantitative estimate of drug-likeness (QED) is 0.663. The van der Waals surface area contributed by atoms with Crippen molar-refractivity contribution in [1.29, 1.82) is 0 Å². The number of hydrogen-bond acceptors (Lipinski definition) is 6. The first kappa shape index (κ1) is 19.5. The third-order valence-corrected chi connectivity index (χ3v) is 8.26. The molecule has 9 nitrogen and oxygen atoms in total. The fraction of sp³-hybridized carbons (Fsp3) is 0.583. The highest BCUT2D eigenvalue weighted by Gasteiger charge is 2.51. The Morgan fingerprint density at radius 1 is 1.24 bits per heavy atom. The molecule has 1 spiro atoms. The Hall–Kier alpha value is -2.94. The van der Waals surface area contributed by atoms with Gasteiger partial charge in [-0.2, -0.15) is 10.2 Å². The number of anilines is 2. The summed E-state index contributed by atoms with van der Waals surface area (Å²) in [5, 5.41) is 12.1. The Morgan fingerprint density at radius 2 is 2.12 bits per heavy atom. The lowest BCUT2D eigenvalue weighted by molar-refractivity contribution is -0.121. The lowest BCUT2D eigenvalue weighted by atomic mass is 9.53. The van der Waals surface area contributed by atoms with E-state index in [9.17, 15) is 4.79 Å². The van der Waals surface area contributed by atoms with Gasteiger partial charge >= 0.3 is 0 Å². The Morgan fingerprint density at radius 3 is 2.85 bits per heavy atom. The summed E-state index contributed by atoms with van der Waals surface area (Å²) < 4.78 is 7.66. The average Bonchev–Trinajstić information content (AvgIpc) is 3.38. The smallest absolute Gasteiger partial charge is 0.229 e. The molecule has 0 aromatic carbocycles. The van der Waals surface area contributed by atoms with Crippen molar-refractivity contribution in [3.8, 4) is 11.4 Å². The molecular formula is C24H29N7O2. The van der Waals surface area contributed by atoms with Crippen LogP contribution in [0.15, 0.2) is 18.3 Å². The van der Waals surface area contributed by atoms with E-state index < -0.39 is 0 Å². The number of nitrogens with zero attached hydrogens (tertiary/aromatic N) is 6. The second-order valence-electron chi connectivity index (χ2n) is 10.3. The zero-order valence-electron chi connectivity index (χ0n) is 19.0. The number of carbonyl (C=O) groups excluding carboxylic acids is 1. The van der Waals surface area contributed by atoms with Gasteiger partial charge in [0.15, 0.2) is 0 Å². The van der Waals surface area contributed by atoms with E-state index in [-0.39, 0.29) is 18.0 Å². The number of morpholine rings is 1. The van der Waals surface area contributed by atoms with E-state index in [1.165, 1.54) is 19.3 Å². The van der Waals surface area contributed by atoms with Crippen molar-refractivity contribution in [2.45, 2.75) is 64.1 Å². The first-order valence-corrected chi connectivity index (χ1v) is 12.2. The number of hydrogen-bond donors (Lipinski definition) is 1. The number of amides is 1. The molecule has 0 unspecified atom stereocenters. The van der Waals surface area contributed by atoms with Crippen molar-refractivity contribution >= 4 is 28.4 Å². The molecule has 4 aliphatic rings. The Bertz CT molecular complexity index is 1220. The van der Waals surface area contributed by atoms with Crippen molar-refractivity contribution in [3.05, 3.63) is 18.3 Å². The predicted octanol–water partition coefficient (Wildman–Crippen LogP) is 3.12. The summed E-state index contributed by atoms with van der Waals surface area (Å²) in [4.78, 5) is 23.0. The Labute approximate surface area is 192 Å². The normalized spacial score (nSPS) is 24.8. The van der Waals surface area contributed by atoms with E-state index in [1.54, 1.807) is 6.20 Å². The molecule has 3 fully saturated rings. The third-order valence-electron chi connectivity index (χ3n) is 8.26. The molecule has 0 bridgehead atoms. The van der Waals surface area contributed by atoms with Crippen molar-refractivity contribution in [3.63, 3.8) is 0 Å². The van der Waals surface area contributed by atoms with Gasteiger partial charge in [-0.25, -0.2) is 4.98 Å². The Balaban J connectivity index is 1.41. The minimum Gasteiger partial charge on any atom is -0.377 e. The first-order chi connectivity index (χ1) is 16.1. The zero-order chi connectivity index (χ0) is 22.2. The van der Waals surface area contributed by atoms with E-state index in [4.69, 9.17) is 14.8 Å². The molecule has 1 N–H and O–H groups in total. The fourth-order valence-electron chi connectivity index (χ4n) is 6.34. The summed E-state index contributed by atoms with van der Waals surface area (Å²) in [6.07, 6.45) is 8.40. The van der Waals surface area contributed by atoms with Gasteiger partial charge in [-0.1, -0.05) is 6.42 Å². The van der Waals surface area contributed by atoms with Crippen LogP contribution in [0.1, 0.15) is 45.4 Å². The number of aryl methyl sites for hydroxylation is 1. The molecule has 1 atom stereocenters. The Kier molecular flexibility index (Phi) is 4.16. The highest BCUT2D eigenvalue weighted by Crippen LogP contribution is 2.58. The van der Waals surface area contributed by atoms with Crippen molar-refractivity contribution in [2.24, 2.45) is 5.41 Å². The van der Waals surface area contributed by atoms with Gasteiger partial charge in [0.2, 0.25) is 5.91 Å². The summed E-state index contributed by atoms with van der Waals surface area (Å²) in [6, 6.07) is 4.56. The van der Waals surface area contributed by atoms with Gasteiger partial charge in [-0.3, -0.25) is 14.6 Å². The van der Waals surface area contributed by atoms with E-state index >= 15 is 0 Å². The summed E-state index contributed by atoms with van der Waals surface area (Å²) in [5.74, 6) is 1.10. The molecule has 2 aliphatic carbocycles. The lowest BCUT2D eigenvalue weighted by Gasteiger charge is -2.57. The standard InChI is InChI=1S/C24H29N7O2/c1-15-14-33-10-9-29(15)19-11-18-23-22(26-19)21(17-3-7-25-27-17)28-30(23)8-4-20(32)31(18)16-12-24(13-16)5-2-6-24/h3,7,11,15-16H,2,4-6,8-10,12-14H2,1H3,(H,25,27)/t15-/m1/s1. The van der Waals surface area contributed by atoms with Crippen LogP contribution in [0, 0.1) is 5.41 Å². The number of aromatic nitrogens is 5. The fourth-order valence-corrected chi connectivity index (χ4v) is 6.34. The molecule has 9 heteroatoms. The van der Waals surface area contributed by atoms with Gasteiger partial charge in [0.1, 0.15) is 22.5 Å². The SMILES string of the molecule is C[C@@H]1COCCN1c1cc2c3c(n1)c(-c1ccn[nH]1)nn3CCC(=O)N2C1CC2(CCC2)C1. The van der Waals surface area contributed by atoms with E-state index in [2.05, 4.69) is 33.0 Å². The molecule has 3 aromatic rings. The first-order valence-electron chi connectivity index (χ1n) is 12.2. The number of H-pyrrole nitrogens is 1. The van der Waals surface area contributed by atoms with Gasteiger partial charge < -0.3 is 14.5 Å². The molecule has 3 aromatic heterocycles. The topological polar surface area (TPSA) is 92.2 Å². The molecular weight excluding hydrogens is 418 g/mol. The average molecular weight is 448 g/mol. The molecule has 1 amide bonds. The maximum atomic E-state index is 13.5. The van der Waals surface area contributed by atoms with Gasteiger partial charge in [-0.15, -0.1) is 0 Å². The second-order valence-corrected chi connectivity index (χ2v) is 10.3. The number of nitrogens with one attached hydrogen (secondary N) is 1. The monoisotopic (exact) mass is 447 g/mol. The molecule has 7 rings (SSSR count). The molecule has 1 saturated heterocycles. The van der Waals surface area contributed by atoms with Crippen LogP contribution in [0.25, 0.3) is 22.4 Å². The van der Waals surface area contributed by atoms with Crippen LogP contribution in [-0.2, 0) is 16.1 Å². The summed E-state index contributed by atoms with van der Waals surface area (Å²) in [5.41, 5.74) is 4.90. The van der Waals surface area contributed by atoms with Crippen LogP contribution in [0.5, 0.6) is 0 Å². The minimum absolute atomic E-state index is 0.205. The highest BCUT2D eigenvalue weighted by atomic mass is 16.5. The molecule has 2 aliphatic heterocycles. The maximum absolute atomic E-state index is 13.5. The zero-order valence-corrected chi connectivity index (χ0v) is 19.0. The minimum atomic E-state index is 0.205. The molecule has 5 heterocycles. The molecule has 0 radical (unpaired) electrons. The van der Waals surface area contributed by atoms with Crippen LogP contribution >= 0.6 is 0 Å². The van der Waals surface area contributed by atoms with Crippen molar-refractivity contribution < 1.29 is 9.53 Å². The van der Waals surface area contributed by atoms with E-state index in [1.807, 2.05) is 10.7 Å². The highest BCUT2D eigenvalue weighted by molar-refractivity contribution is 6.06. The molecule has 172 valence electrons. The molecule has 2 saturated carbocycles. The van der Waals surface area contributed by atoms with Crippen LogP contribution in [0.2, 0.25) is 0 Å². The maximum Gasteiger partial charge on any atom is 0.229 e. The van der Waals surface area contributed by atoms with Crippen LogP contribution in [0.4, 0.5) is 11.5 Å². The summed E-state index contributed by atoms with van der Waals surface area (Å²) in [6.45, 7) is 4.87. The molecule has 33 heavy (non-hydrogen) atoms. The van der Waals surface area contributed by atoms with Gasteiger partial charge in [0.25, 0.3) is 0 Å². The second kappa shape index (κ2) is 7.03. The number of aromatic amines is 1. The number of rotatable bonds is 3. The van der Waals surface area contributed by atoms with Crippen molar-refractivity contribution in [1.82, 2.24) is 25.0 Å². The number of ether oxygens (including phenoxy) is 1. The van der Waals surface area contributed by atoms with Gasteiger partial charge in [0, 0.05) is 31.3 Å². The van der Waals surface area contributed by atoms with E-state index in [0.717, 1.165) is 53.3 Å². The number of carbonyl (C=O) groups is 1. The van der Waals surface area contributed by atoms with Crippen LogP contribution < -0.4 is 9.80 Å². The van der Waals surface area contributed by atoms with Crippen LogP contribution in [-0.4, -0.2) is 62.7 Å². The number of pyridine rings is 1. The third kappa shape index (κ3) is 2.87. The van der Waals surface area contributed by atoms with E-state index in [0.29, 0.717) is 31.6 Å². The van der Waals surface area contributed by atoms with Gasteiger partial charge in [-0.05, 0) is 44.1 Å². The predicted molar refractivity (Wildman–Crippen MR) is 124 cm³/mol. The van der Waals surface area contributed by atoms with Gasteiger partial charge in [0.05, 0.1) is 37.2 Å². The van der Waals surface area contributed by atoms with Crippen LogP contribution in [0.3, 0.4) is 0 Å². The lowest BCUT2D eigenvalue weighted by Crippen LogP contribution is -2.55. The summed E-state index contributed by atoms with van der Waals surface area (Å²) >= 11 is 0. The largest absolute Gasteiger partial charge is 0.377 e. The van der Waals surface area contributed by atoms with Crippen molar-refractivity contribution in [2.75, 3.05) is 29.6 Å². The summed E-state index contributed by atoms with van der Waals surface area (Å²) in [7, 11) is 0.